The van der Waals surface area contributed by atoms with Gasteiger partial charge < -0.3 is 0 Å². The summed E-state index contributed by atoms with van der Waals surface area (Å²) in [6.07, 6.45) is 3.68. The highest BCUT2D eigenvalue weighted by Gasteiger charge is 2.03. The molecule has 3 nitrogen and oxygen atoms in total. The normalized spacial score (nSPS) is 10.6. The molecule has 0 saturated carbocycles. The van der Waals surface area contributed by atoms with E-state index >= 15 is 0 Å². The Hall–Kier alpha value is -0.870. The van der Waals surface area contributed by atoms with Gasteiger partial charge in [-0.2, -0.15) is 5.10 Å². The molecule has 68 valence electrons. The van der Waals surface area contributed by atoms with Gasteiger partial charge in [0.2, 0.25) is 5.13 Å². The Morgan fingerprint density at radius 1 is 1.62 bits per heavy atom. The van der Waals surface area contributed by atoms with Gasteiger partial charge in [0, 0.05) is 17.3 Å². The molecule has 0 unspecified atom stereocenters. The highest BCUT2D eigenvalue weighted by atomic mass is 35.5. The number of hydrogen-bond donors (Lipinski definition) is 0. The van der Waals surface area contributed by atoms with Gasteiger partial charge >= 0.3 is 0 Å². The van der Waals surface area contributed by atoms with E-state index in [-0.39, 0.29) is 0 Å². The van der Waals surface area contributed by atoms with Crippen LogP contribution in [0.5, 0.6) is 0 Å². The number of alkyl halides is 1. The van der Waals surface area contributed by atoms with Crippen molar-refractivity contribution in [3.05, 3.63) is 29.0 Å². The molecular formula is C8H8ClN3S. The van der Waals surface area contributed by atoms with Gasteiger partial charge in [0.25, 0.3) is 0 Å². The highest BCUT2D eigenvalue weighted by Crippen LogP contribution is 2.18. The van der Waals surface area contributed by atoms with Gasteiger partial charge in [0.15, 0.2) is 0 Å². The smallest absolute Gasteiger partial charge is 0.210 e. The van der Waals surface area contributed by atoms with Crippen molar-refractivity contribution < 1.29 is 0 Å². The molecule has 0 aromatic carbocycles. The number of aryl methyl sites for hydroxylation is 1. The molecule has 13 heavy (non-hydrogen) atoms. The number of rotatable bonds is 2. The summed E-state index contributed by atoms with van der Waals surface area (Å²) in [5.74, 6) is 0.512. The van der Waals surface area contributed by atoms with Crippen LogP contribution in [0.1, 0.15) is 10.6 Å². The summed E-state index contributed by atoms with van der Waals surface area (Å²) in [4.78, 5) is 5.27. The zero-order chi connectivity index (χ0) is 9.26. The first kappa shape index (κ1) is 8.72. The first-order chi connectivity index (χ1) is 6.29. The lowest BCUT2D eigenvalue weighted by Crippen LogP contribution is -1.92. The average Bonchev–Trinajstić information content (AvgIpc) is 2.71. The number of thiazole rings is 1. The van der Waals surface area contributed by atoms with E-state index < -0.39 is 0 Å². The largest absolute Gasteiger partial charge is 0.227 e. The first-order valence-corrected chi connectivity index (χ1v) is 5.18. The van der Waals surface area contributed by atoms with Crippen molar-refractivity contribution in [2.24, 2.45) is 0 Å². The SMILES string of the molecule is Cc1ccn(-c2ncc(CCl)s2)n1. The van der Waals surface area contributed by atoms with Gasteiger partial charge in [0.1, 0.15) is 0 Å². The second kappa shape index (κ2) is 3.47. The molecule has 0 atom stereocenters. The van der Waals surface area contributed by atoms with E-state index in [9.17, 15) is 0 Å². The van der Waals surface area contributed by atoms with Crippen molar-refractivity contribution in [3.8, 4) is 5.13 Å². The summed E-state index contributed by atoms with van der Waals surface area (Å²) < 4.78 is 1.76. The van der Waals surface area contributed by atoms with Gasteiger partial charge in [-0.3, -0.25) is 0 Å². The number of halogens is 1. The lowest BCUT2D eigenvalue weighted by molar-refractivity contribution is 0.853. The van der Waals surface area contributed by atoms with Gasteiger partial charge in [-0.05, 0) is 13.0 Å². The fourth-order valence-electron chi connectivity index (χ4n) is 0.986. The van der Waals surface area contributed by atoms with Crippen LogP contribution >= 0.6 is 22.9 Å². The van der Waals surface area contributed by atoms with Crippen LogP contribution < -0.4 is 0 Å². The zero-order valence-electron chi connectivity index (χ0n) is 7.07. The lowest BCUT2D eigenvalue weighted by atomic mass is 10.5. The summed E-state index contributed by atoms with van der Waals surface area (Å²) in [6, 6.07) is 1.95. The topological polar surface area (TPSA) is 30.7 Å². The van der Waals surface area contributed by atoms with E-state index in [0.29, 0.717) is 5.88 Å². The van der Waals surface area contributed by atoms with Crippen LogP contribution in [0.3, 0.4) is 0 Å². The highest BCUT2D eigenvalue weighted by molar-refractivity contribution is 7.14. The predicted molar refractivity (Wildman–Crippen MR) is 53.5 cm³/mol. The molecule has 2 heterocycles. The Morgan fingerprint density at radius 2 is 2.46 bits per heavy atom. The molecular weight excluding hydrogens is 206 g/mol. The van der Waals surface area contributed by atoms with E-state index in [4.69, 9.17) is 11.6 Å². The van der Waals surface area contributed by atoms with Crippen molar-refractivity contribution >= 4 is 22.9 Å². The third-order valence-corrected chi connectivity index (χ3v) is 3.02. The monoisotopic (exact) mass is 213 g/mol. The molecule has 0 radical (unpaired) electrons. The number of aromatic nitrogens is 3. The molecule has 0 N–H and O–H groups in total. The second-order valence-electron chi connectivity index (χ2n) is 2.64. The molecule has 2 aromatic heterocycles. The summed E-state index contributed by atoms with van der Waals surface area (Å²) >= 11 is 7.23. The molecule has 2 aromatic rings. The van der Waals surface area contributed by atoms with Gasteiger partial charge in [-0.25, -0.2) is 9.67 Å². The zero-order valence-corrected chi connectivity index (χ0v) is 8.64. The first-order valence-electron chi connectivity index (χ1n) is 3.83. The fourth-order valence-corrected chi connectivity index (χ4v) is 1.91. The summed E-state index contributed by atoms with van der Waals surface area (Å²) in [5.41, 5.74) is 0.989. The van der Waals surface area contributed by atoms with Crippen LogP contribution in [0.25, 0.3) is 5.13 Å². The quantitative estimate of drug-likeness (QED) is 0.718. The van der Waals surface area contributed by atoms with Crippen LogP contribution in [0.15, 0.2) is 18.5 Å². The molecule has 0 bridgehead atoms. The maximum absolute atomic E-state index is 5.67. The molecule has 0 spiro atoms. The Balaban J connectivity index is 2.35. The predicted octanol–water partition coefficient (Wildman–Crippen LogP) is 2.38. The van der Waals surface area contributed by atoms with Crippen LogP contribution in [-0.2, 0) is 5.88 Å². The number of hydrogen-bond acceptors (Lipinski definition) is 3. The molecule has 0 aliphatic carbocycles. The molecule has 0 aliphatic heterocycles. The number of nitrogens with zero attached hydrogens (tertiary/aromatic N) is 3. The van der Waals surface area contributed by atoms with Crippen molar-refractivity contribution in [3.63, 3.8) is 0 Å². The fraction of sp³-hybridized carbons (Fsp3) is 0.250. The Labute approximate surface area is 85.0 Å². The van der Waals surface area contributed by atoms with Gasteiger partial charge in [-0.15, -0.1) is 11.6 Å². The van der Waals surface area contributed by atoms with Crippen molar-refractivity contribution in [1.29, 1.82) is 0 Å². The van der Waals surface area contributed by atoms with Crippen LogP contribution in [0.4, 0.5) is 0 Å². The standard InChI is InChI=1S/C8H8ClN3S/c1-6-2-3-12(11-6)8-10-5-7(4-9)13-8/h2-3,5H,4H2,1H3. The molecule has 0 fully saturated rings. The van der Waals surface area contributed by atoms with E-state index in [1.807, 2.05) is 19.2 Å². The van der Waals surface area contributed by atoms with E-state index in [1.54, 1.807) is 22.2 Å². The summed E-state index contributed by atoms with van der Waals surface area (Å²) in [7, 11) is 0. The van der Waals surface area contributed by atoms with Crippen LogP contribution in [0.2, 0.25) is 0 Å². The molecule has 5 heteroatoms. The molecule has 0 saturated heterocycles. The van der Waals surface area contributed by atoms with Crippen molar-refractivity contribution in [2.45, 2.75) is 12.8 Å². The third-order valence-electron chi connectivity index (χ3n) is 1.59. The van der Waals surface area contributed by atoms with Crippen LogP contribution in [-0.4, -0.2) is 14.8 Å². The van der Waals surface area contributed by atoms with Crippen molar-refractivity contribution in [1.82, 2.24) is 14.8 Å². The molecule has 2 rings (SSSR count). The summed E-state index contributed by atoms with van der Waals surface area (Å²) in [5, 5.41) is 5.11. The summed E-state index contributed by atoms with van der Waals surface area (Å²) in [6.45, 7) is 1.95. The van der Waals surface area contributed by atoms with E-state index in [1.165, 1.54) is 0 Å². The minimum absolute atomic E-state index is 0.512. The Bertz CT molecular complexity index is 407. The third kappa shape index (κ3) is 1.73. The van der Waals surface area contributed by atoms with Crippen LogP contribution in [0, 0.1) is 6.92 Å². The Morgan fingerprint density at radius 3 is 3.00 bits per heavy atom. The molecule has 0 amide bonds. The minimum Gasteiger partial charge on any atom is -0.227 e. The van der Waals surface area contributed by atoms with Gasteiger partial charge in [-0.1, -0.05) is 11.3 Å². The Kier molecular flexibility index (Phi) is 2.33. The minimum atomic E-state index is 0.512. The second-order valence-corrected chi connectivity index (χ2v) is 4.01. The van der Waals surface area contributed by atoms with E-state index in [2.05, 4.69) is 10.1 Å². The maximum atomic E-state index is 5.67. The van der Waals surface area contributed by atoms with Gasteiger partial charge in [0.05, 0.1) is 11.6 Å². The van der Waals surface area contributed by atoms with E-state index in [0.717, 1.165) is 15.7 Å². The van der Waals surface area contributed by atoms with Crippen molar-refractivity contribution in [2.75, 3.05) is 0 Å². The average molecular weight is 214 g/mol. The maximum Gasteiger partial charge on any atom is 0.210 e. The lowest BCUT2D eigenvalue weighted by Gasteiger charge is -1.91. The molecule has 0 aliphatic rings.